The van der Waals surface area contributed by atoms with E-state index in [-0.39, 0.29) is 24.1 Å². The van der Waals surface area contributed by atoms with Crippen molar-refractivity contribution in [1.82, 2.24) is 5.32 Å². The second kappa shape index (κ2) is 7.99. The number of halogens is 1. The molecule has 136 valence electrons. The lowest BCUT2D eigenvalue weighted by Crippen LogP contribution is -2.34. The second-order valence-corrected chi connectivity index (χ2v) is 6.25. The third-order valence-electron chi connectivity index (χ3n) is 4.47. The molecule has 0 bridgehead atoms. The van der Waals surface area contributed by atoms with Gasteiger partial charge in [-0.3, -0.25) is 9.59 Å². The number of ether oxygens (including phenoxy) is 1. The van der Waals surface area contributed by atoms with Crippen LogP contribution in [0.4, 0.5) is 10.1 Å². The van der Waals surface area contributed by atoms with E-state index < -0.39 is 5.92 Å². The van der Waals surface area contributed by atoms with Crippen molar-refractivity contribution in [2.24, 2.45) is 5.92 Å². The summed E-state index contributed by atoms with van der Waals surface area (Å²) in [7, 11) is 1.55. The molecule has 0 aliphatic carbocycles. The standard InChI is InChI=1S/C20H21FN2O3/c1-26-18-8-3-2-7-17(18)23-13-15(12-19(23)24)20(25)22-10-9-14-5-4-6-16(21)11-14/h2-8,11,15H,9-10,12-13H2,1H3,(H,22,25)/t15-/m0/s1. The normalized spacial score (nSPS) is 16.6. The van der Waals surface area contributed by atoms with Gasteiger partial charge < -0.3 is 15.0 Å². The second-order valence-electron chi connectivity index (χ2n) is 6.25. The number of hydrogen-bond donors (Lipinski definition) is 1. The number of methoxy groups -OCH3 is 1. The lowest BCUT2D eigenvalue weighted by molar-refractivity contribution is -0.126. The van der Waals surface area contributed by atoms with Crippen LogP contribution >= 0.6 is 0 Å². The molecule has 1 aliphatic heterocycles. The molecule has 6 heteroatoms. The van der Waals surface area contributed by atoms with Crippen molar-refractivity contribution in [1.29, 1.82) is 0 Å². The number of carbonyl (C=O) groups is 2. The number of nitrogens with one attached hydrogen (secondary N) is 1. The number of nitrogens with zero attached hydrogens (tertiary/aromatic N) is 1. The Labute approximate surface area is 151 Å². The van der Waals surface area contributed by atoms with Crippen LogP contribution in [0, 0.1) is 11.7 Å². The van der Waals surface area contributed by atoms with Gasteiger partial charge in [-0.25, -0.2) is 4.39 Å². The highest BCUT2D eigenvalue weighted by Gasteiger charge is 2.36. The first-order valence-corrected chi connectivity index (χ1v) is 8.54. The maximum absolute atomic E-state index is 13.2. The van der Waals surface area contributed by atoms with Gasteiger partial charge in [0.1, 0.15) is 11.6 Å². The summed E-state index contributed by atoms with van der Waals surface area (Å²) in [5.41, 5.74) is 1.50. The summed E-state index contributed by atoms with van der Waals surface area (Å²) < 4.78 is 18.5. The highest BCUT2D eigenvalue weighted by atomic mass is 19.1. The molecular weight excluding hydrogens is 335 g/mol. The summed E-state index contributed by atoms with van der Waals surface area (Å²) in [4.78, 5) is 26.3. The molecule has 3 rings (SSSR count). The van der Waals surface area contributed by atoms with Gasteiger partial charge in [0.2, 0.25) is 11.8 Å². The number of para-hydroxylation sites is 2. The van der Waals surface area contributed by atoms with Gasteiger partial charge in [-0.15, -0.1) is 0 Å². The molecule has 0 spiro atoms. The van der Waals surface area contributed by atoms with Crippen molar-refractivity contribution in [2.75, 3.05) is 25.1 Å². The van der Waals surface area contributed by atoms with E-state index >= 15 is 0 Å². The van der Waals surface area contributed by atoms with Gasteiger partial charge >= 0.3 is 0 Å². The number of carbonyl (C=O) groups excluding carboxylic acids is 2. The molecule has 2 aromatic carbocycles. The monoisotopic (exact) mass is 356 g/mol. The first-order valence-electron chi connectivity index (χ1n) is 8.54. The number of amides is 2. The number of rotatable bonds is 6. The van der Waals surface area contributed by atoms with Crippen molar-refractivity contribution in [3.05, 3.63) is 59.9 Å². The summed E-state index contributed by atoms with van der Waals surface area (Å²) in [6.45, 7) is 0.729. The lowest BCUT2D eigenvalue weighted by Gasteiger charge is -2.19. The average Bonchev–Trinajstić information content (AvgIpc) is 3.03. The topological polar surface area (TPSA) is 58.6 Å². The van der Waals surface area contributed by atoms with Crippen molar-refractivity contribution < 1.29 is 18.7 Å². The molecule has 2 amide bonds. The smallest absolute Gasteiger partial charge is 0.227 e. The summed E-state index contributed by atoms with van der Waals surface area (Å²) in [5, 5.41) is 2.84. The summed E-state index contributed by atoms with van der Waals surface area (Å²) in [6, 6.07) is 13.6. The maximum atomic E-state index is 13.2. The first kappa shape index (κ1) is 17.9. The van der Waals surface area contributed by atoms with E-state index in [1.165, 1.54) is 12.1 Å². The molecule has 0 saturated carbocycles. The minimum absolute atomic E-state index is 0.0974. The number of hydrogen-bond acceptors (Lipinski definition) is 3. The minimum Gasteiger partial charge on any atom is -0.495 e. The Hall–Kier alpha value is -2.89. The Morgan fingerprint density at radius 1 is 1.27 bits per heavy atom. The van der Waals surface area contributed by atoms with Crippen LogP contribution in [0.2, 0.25) is 0 Å². The van der Waals surface area contributed by atoms with E-state index in [0.717, 1.165) is 5.56 Å². The van der Waals surface area contributed by atoms with E-state index in [9.17, 15) is 14.0 Å². The summed E-state index contributed by atoms with van der Waals surface area (Å²) in [6.07, 6.45) is 0.713. The summed E-state index contributed by atoms with van der Waals surface area (Å²) in [5.74, 6) is -0.345. The van der Waals surface area contributed by atoms with Crippen LogP contribution in [0.3, 0.4) is 0 Å². The zero-order valence-electron chi connectivity index (χ0n) is 14.6. The molecule has 0 radical (unpaired) electrons. The molecule has 5 nitrogen and oxygen atoms in total. The SMILES string of the molecule is COc1ccccc1N1C[C@@H](C(=O)NCCc2cccc(F)c2)CC1=O. The number of anilines is 1. The Bertz CT molecular complexity index is 809. The molecule has 1 saturated heterocycles. The van der Waals surface area contributed by atoms with Crippen LogP contribution in [0.15, 0.2) is 48.5 Å². The van der Waals surface area contributed by atoms with E-state index in [4.69, 9.17) is 4.74 Å². The van der Waals surface area contributed by atoms with Gasteiger partial charge in [-0.1, -0.05) is 24.3 Å². The molecule has 1 atom stereocenters. The molecular formula is C20H21FN2O3. The van der Waals surface area contributed by atoms with Crippen LogP contribution in [0.5, 0.6) is 5.75 Å². The first-order chi connectivity index (χ1) is 12.6. The van der Waals surface area contributed by atoms with Gasteiger partial charge in [-0.05, 0) is 36.2 Å². The third kappa shape index (κ3) is 4.02. The lowest BCUT2D eigenvalue weighted by atomic mass is 10.1. The predicted molar refractivity (Wildman–Crippen MR) is 96.6 cm³/mol. The molecule has 1 N–H and O–H groups in total. The molecule has 0 aromatic heterocycles. The van der Waals surface area contributed by atoms with Crippen LogP contribution in [0.25, 0.3) is 0 Å². The van der Waals surface area contributed by atoms with E-state index in [2.05, 4.69) is 5.32 Å². The number of benzene rings is 2. The quantitative estimate of drug-likeness (QED) is 0.865. The maximum Gasteiger partial charge on any atom is 0.227 e. The Morgan fingerprint density at radius 2 is 2.08 bits per heavy atom. The molecule has 1 heterocycles. The average molecular weight is 356 g/mol. The van der Waals surface area contributed by atoms with Crippen LogP contribution < -0.4 is 15.0 Å². The predicted octanol–water partition coefficient (Wildman–Crippen LogP) is 2.55. The van der Waals surface area contributed by atoms with Gasteiger partial charge in [0.15, 0.2) is 0 Å². The molecule has 1 fully saturated rings. The van der Waals surface area contributed by atoms with Gasteiger partial charge in [0.05, 0.1) is 18.7 Å². The van der Waals surface area contributed by atoms with Crippen molar-refractivity contribution in [3.63, 3.8) is 0 Å². The minimum atomic E-state index is -0.403. The Morgan fingerprint density at radius 3 is 2.85 bits per heavy atom. The molecule has 0 unspecified atom stereocenters. The fraction of sp³-hybridized carbons (Fsp3) is 0.300. The highest BCUT2D eigenvalue weighted by Crippen LogP contribution is 2.32. The van der Waals surface area contributed by atoms with Crippen molar-refractivity contribution in [2.45, 2.75) is 12.8 Å². The third-order valence-corrected chi connectivity index (χ3v) is 4.47. The largest absolute Gasteiger partial charge is 0.495 e. The zero-order chi connectivity index (χ0) is 18.5. The highest BCUT2D eigenvalue weighted by molar-refractivity contribution is 6.01. The van der Waals surface area contributed by atoms with Gasteiger partial charge in [0.25, 0.3) is 0 Å². The van der Waals surface area contributed by atoms with E-state index in [0.29, 0.717) is 30.9 Å². The van der Waals surface area contributed by atoms with Crippen LogP contribution in [-0.4, -0.2) is 32.0 Å². The fourth-order valence-corrected chi connectivity index (χ4v) is 3.14. The zero-order valence-corrected chi connectivity index (χ0v) is 14.6. The van der Waals surface area contributed by atoms with Crippen LogP contribution in [0.1, 0.15) is 12.0 Å². The van der Waals surface area contributed by atoms with Crippen LogP contribution in [-0.2, 0) is 16.0 Å². The van der Waals surface area contributed by atoms with Gasteiger partial charge in [0, 0.05) is 19.5 Å². The van der Waals surface area contributed by atoms with E-state index in [1.807, 2.05) is 18.2 Å². The molecule has 1 aliphatic rings. The van der Waals surface area contributed by atoms with E-state index in [1.54, 1.807) is 30.2 Å². The van der Waals surface area contributed by atoms with Gasteiger partial charge in [-0.2, -0.15) is 0 Å². The summed E-state index contributed by atoms with van der Waals surface area (Å²) >= 11 is 0. The Kier molecular flexibility index (Phi) is 5.51. The molecule has 2 aromatic rings. The Balaban J connectivity index is 1.57. The van der Waals surface area contributed by atoms with Crippen molar-refractivity contribution in [3.8, 4) is 5.75 Å². The fourth-order valence-electron chi connectivity index (χ4n) is 3.14. The molecule has 26 heavy (non-hydrogen) atoms. The van der Waals surface area contributed by atoms with Crippen molar-refractivity contribution >= 4 is 17.5 Å².